The van der Waals surface area contributed by atoms with Gasteiger partial charge >= 0.3 is 12.1 Å². The third-order valence-corrected chi connectivity index (χ3v) is 8.59. The molecular formula is C36H44N2O12. The molecule has 1 fully saturated rings. The molecule has 1 saturated heterocycles. The molecule has 1 aliphatic heterocycles. The highest BCUT2D eigenvalue weighted by Gasteiger charge is 2.45. The van der Waals surface area contributed by atoms with Crippen LogP contribution in [0.4, 0.5) is 10.5 Å². The Morgan fingerprint density at radius 2 is 1.72 bits per heavy atom. The molecular weight excluding hydrogens is 652 g/mol. The Morgan fingerprint density at radius 3 is 2.34 bits per heavy atom. The summed E-state index contributed by atoms with van der Waals surface area (Å²) in [6.45, 7) is 2.98. The molecule has 14 nitrogen and oxygen atoms in total. The molecule has 5 N–H and O–H groups in total. The van der Waals surface area contributed by atoms with Crippen molar-refractivity contribution >= 4 is 34.6 Å². The van der Waals surface area contributed by atoms with Gasteiger partial charge in [0.2, 0.25) is 12.2 Å². The minimum atomic E-state index is -1.69. The number of aliphatic hydroxyl groups is 4. The van der Waals surface area contributed by atoms with Crippen LogP contribution in [0, 0.1) is 18.3 Å². The van der Waals surface area contributed by atoms with Gasteiger partial charge < -0.3 is 49.1 Å². The number of nitrogens with zero attached hydrogens (tertiary/aromatic N) is 2. The molecule has 2 aromatic carbocycles. The van der Waals surface area contributed by atoms with E-state index in [-0.39, 0.29) is 48.8 Å². The Balaban J connectivity index is 1.66. The molecule has 1 aromatic heterocycles. The molecule has 270 valence electrons. The van der Waals surface area contributed by atoms with Crippen LogP contribution in [0.25, 0.3) is 11.0 Å². The number of carbonyl (C=O) groups is 3. The fourth-order valence-corrected chi connectivity index (χ4v) is 5.87. The predicted molar refractivity (Wildman–Crippen MR) is 180 cm³/mol. The molecule has 0 saturated carbocycles. The van der Waals surface area contributed by atoms with Crippen molar-refractivity contribution in [2.24, 2.45) is 5.92 Å². The Labute approximate surface area is 289 Å². The van der Waals surface area contributed by atoms with Gasteiger partial charge in [-0.25, -0.2) is 4.79 Å². The van der Waals surface area contributed by atoms with Crippen LogP contribution < -0.4 is 9.64 Å². The zero-order chi connectivity index (χ0) is 36.7. The van der Waals surface area contributed by atoms with Crippen LogP contribution in [-0.4, -0.2) is 106 Å². The van der Waals surface area contributed by atoms with Gasteiger partial charge in [-0.3, -0.25) is 14.5 Å². The number of anilines is 1. The number of aliphatic hydroxyl groups excluding tert-OH is 4. The number of amides is 2. The number of aliphatic carboxylic acids is 1. The minimum Gasteiger partial charge on any atom is -0.481 e. The number of carbonyl (C=O) groups excluding carboxylic acids is 2. The van der Waals surface area contributed by atoms with Gasteiger partial charge in [-0.05, 0) is 42.7 Å². The van der Waals surface area contributed by atoms with Crippen molar-refractivity contribution in [2.45, 2.75) is 82.4 Å². The number of terminal acetylenes is 1. The number of aryl methyl sites for hydroxylation is 1. The second-order valence-corrected chi connectivity index (χ2v) is 12.5. The van der Waals surface area contributed by atoms with Crippen molar-refractivity contribution in [1.82, 2.24) is 4.90 Å². The first-order valence-corrected chi connectivity index (χ1v) is 16.2. The Bertz CT molecular complexity index is 1670. The zero-order valence-corrected chi connectivity index (χ0v) is 28.3. The van der Waals surface area contributed by atoms with Crippen molar-refractivity contribution in [2.75, 3.05) is 25.6 Å². The number of carboxylic acids is 1. The molecule has 4 rings (SSSR count). The fraction of sp³-hybridized carbons (Fsp3) is 0.472. The highest BCUT2D eigenvalue weighted by molar-refractivity contribution is 5.98. The highest BCUT2D eigenvalue weighted by Crippen LogP contribution is 2.39. The van der Waals surface area contributed by atoms with Crippen LogP contribution in [0.3, 0.4) is 0 Å². The number of carboxylic acid groups (broad SMARTS) is 1. The monoisotopic (exact) mass is 696 g/mol. The van der Waals surface area contributed by atoms with E-state index in [2.05, 4.69) is 5.92 Å². The largest absolute Gasteiger partial charge is 0.481 e. The Morgan fingerprint density at radius 1 is 1.02 bits per heavy atom. The van der Waals surface area contributed by atoms with Crippen molar-refractivity contribution in [3.8, 4) is 18.1 Å². The fourth-order valence-electron chi connectivity index (χ4n) is 5.87. The number of ether oxygens (including phenoxy) is 3. The summed E-state index contributed by atoms with van der Waals surface area (Å²) in [4.78, 5) is 41.2. The van der Waals surface area contributed by atoms with E-state index in [1.54, 1.807) is 37.4 Å². The van der Waals surface area contributed by atoms with Gasteiger partial charge in [0.05, 0.1) is 18.4 Å². The lowest BCUT2D eigenvalue weighted by Crippen LogP contribution is -2.60. The predicted octanol–water partition coefficient (Wildman–Crippen LogP) is 2.84. The first kappa shape index (κ1) is 38.2. The number of likely N-dealkylation sites (N-methyl/N-ethyl adjacent to an activating group) is 2. The van der Waals surface area contributed by atoms with E-state index >= 15 is 0 Å². The normalized spacial score (nSPS) is 21.6. The van der Waals surface area contributed by atoms with Gasteiger partial charge in [0.1, 0.15) is 53.7 Å². The topological polar surface area (TPSA) is 200 Å². The Hall–Kier alpha value is -4.65. The lowest BCUT2D eigenvalue weighted by molar-refractivity contribution is -0.277. The summed E-state index contributed by atoms with van der Waals surface area (Å²) in [6.07, 6.45) is -3.56. The second kappa shape index (κ2) is 16.8. The number of hydrogen-bond donors (Lipinski definition) is 5. The van der Waals surface area contributed by atoms with Gasteiger partial charge in [-0.15, -0.1) is 12.3 Å². The van der Waals surface area contributed by atoms with E-state index in [0.717, 1.165) is 0 Å². The summed E-state index contributed by atoms with van der Waals surface area (Å²) < 4.78 is 23.6. The maximum Gasteiger partial charge on any atom is 0.410 e. The van der Waals surface area contributed by atoms with Gasteiger partial charge in [0.15, 0.2) is 0 Å². The molecule has 0 aliphatic carbocycles. The Kier molecular flexibility index (Phi) is 12.9. The number of para-hydroxylation sites is 1. The van der Waals surface area contributed by atoms with Gasteiger partial charge in [0.25, 0.3) is 0 Å². The molecule has 0 radical (unpaired) electrons. The van der Waals surface area contributed by atoms with Gasteiger partial charge in [0, 0.05) is 38.2 Å². The SMILES string of the molecule is C#CCC(OC(=O)N(C)C(C(=O)N(C)c1ccccc1)C(C)C)c1ccc(O[C@@H]2O[C@H](CO)[C@H](O)[C@H](O)[C@H]2O)c2cc(CCCC(=O)O)oc12. The first-order valence-electron chi connectivity index (χ1n) is 16.2. The van der Waals surface area contributed by atoms with Crippen LogP contribution in [0.1, 0.15) is 50.5 Å². The van der Waals surface area contributed by atoms with Crippen LogP contribution in [-0.2, 0) is 25.5 Å². The average Bonchev–Trinajstić information content (AvgIpc) is 3.52. The van der Waals surface area contributed by atoms with E-state index in [0.29, 0.717) is 22.4 Å². The standard InChI is InChI=1S/C36H44N2O12/c1-6-11-25(50-36(46)38(5)29(20(2)3)34(45)37(4)21-12-8-7-9-13-21)23-16-17-26(24-18-22(47-33(23)24)14-10-15-28(40)41)48-35-32(44)31(43)30(42)27(19-39)49-35/h1,7-9,12-13,16-18,20,25,27,29-32,35,39,42-44H,10-11,14-15,19H2,2-5H3,(H,40,41)/t25?,27-,29?,30+,31+,32-,35-/m1/s1. The van der Waals surface area contributed by atoms with Crippen molar-refractivity contribution in [3.05, 3.63) is 59.9 Å². The summed E-state index contributed by atoms with van der Waals surface area (Å²) in [5.74, 6) is 1.41. The summed E-state index contributed by atoms with van der Waals surface area (Å²) in [5, 5.41) is 50.1. The second-order valence-electron chi connectivity index (χ2n) is 12.5. The molecule has 0 bridgehead atoms. The van der Waals surface area contributed by atoms with E-state index in [1.807, 2.05) is 19.9 Å². The van der Waals surface area contributed by atoms with Crippen molar-refractivity contribution < 1.29 is 58.5 Å². The molecule has 3 aromatic rings. The quantitative estimate of drug-likeness (QED) is 0.155. The summed E-state index contributed by atoms with van der Waals surface area (Å²) in [6, 6.07) is 12.8. The number of fused-ring (bicyclic) bond motifs is 1. The van der Waals surface area contributed by atoms with E-state index < -0.39 is 61.5 Å². The maximum atomic E-state index is 13.7. The molecule has 7 atom stereocenters. The number of rotatable bonds is 14. The third-order valence-electron chi connectivity index (χ3n) is 8.59. The van der Waals surface area contributed by atoms with E-state index in [1.165, 1.54) is 29.0 Å². The molecule has 2 heterocycles. The van der Waals surface area contributed by atoms with Crippen LogP contribution >= 0.6 is 0 Å². The lowest BCUT2D eigenvalue weighted by atomic mass is 9.99. The number of furan rings is 1. The first-order chi connectivity index (χ1) is 23.8. The smallest absolute Gasteiger partial charge is 0.410 e. The lowest BCUT2D eigenvalue weighted by Gasteiger charge is -2.39. The van der Waals surface area contributed by atoms with E-state index in [9.17, 15) is 34.8 Å². The molecule has 50 heavy (non-hydrogen) atoms. The minimum absolute atomic E-state index is 0.0825. The van der Waals surface area contributed by atoms with Crippen LogP contribution in [0.5, 0.6) is 5.75 Å². The average molecular weight is 697 g/mol. The molecule has 14 heteroatoms. The highest BCUT2D eigenvalue weighted by atomic mass is 16.7. The summed E-state index contributed by atoms with van der Waals surface area (Å²) in [5.41, 5.74) is 1.19. The summed E-state index contributed by atoms with van der Waals surface area (Å²) in [7, 11) is 3.10. The molecule has 2 amide bonds. The van der Waals surface area contributed by atoms with Gasteiger partial charge in [-0.1, -0.05) is 32.0 Å². The van der Waals surface area contributed by atoms with Crippen molar-refractivity contribution in [1.29, 1.82) is 0 Å². The van der Waals surface area contributed by atoms with Crippen LogP contribution in [0.2, 0.25) is 0 Å². The summed E-state index contributed by atoms with van der Waals surface area (Å²) >= 11 is 0. The molecule has 1 aliphatic rings. The zero-order valence-electron chi connectivity index (χ0n) is 28.3. The maximum absolute atomic E-state index is 13.7. The molecule has 0 spiro atoms. The van der Waals surface area contributed by atoms with E-state index in [4.69, 9.17) is 30.2 Å². The van der Waals surface area contributed by atoms with Gasteiger partial charge in [-0.2, -0.15) is 0 Å². The van der Waals surface area contributed by atoms with Crippen LogP contribution in [0.15, 0.2) is 52.9 Å². The number of benzene rings is 2. The number of hydrogen-bond acceptors (Lipinski definition) is 11. The van der Waals surface area contributed by atoms with Crippen molar-refractivity contribution in [3.63, 3.8) is 0 Å². The third kappa shape index (κ3) is 8.55. The molecule has 2 unspecified atom stereocenters.